The SMILES string of the molecule is CC(C)CNC(=O)c1ccccc1NC(=O)COC(=O)[C@H]1COc2ccccc2O1. The van der Waals surface area contributed by atoms with E-state index in [1.807, 2.05) is 13.8 Å². The molecule has 8 heteroatoms. The monoisotopic (exact) mass is 412 g/mol. The normalized spacial score (nSPS) is 14.7. The molecule has 0 fully saturated rings. The van der Waals surface area contributed by atoms with Gasteiger partial charge in [0.25, 0.3) is 11.8 Å². The molecule has 2 aromatic rings. The van der Waals surface area contributed by atoms with Gasteiger partial charge in [0.15, 0.2) is 18.1 Å². The standard InChI is InChI=1S/C22H24N2O6/c1-14(2)11-23-21(26)15-7-3-4-8-16(15)24-20(25)13-29-22(27)19-12-28-17-9-5-6-10-18(17)30-19/h3-10,14,19H,11-13H2,1-2H3,(H,23,26)(H,24,25)/t19-/m1/s1. The Labute approximate surface area is 174 Å². The summed E-state index contributed by atoms with van der Waals surface area (Å²) in [6, 6.07) is 13.6. The van der Waals surface area contributed by atoms with E-state index in [9.17, 15) is 14.4 Å². The van der Waals surface area contributed by atoms with Crippen molar-refractivity contribution in [3.63, 3.8) is 0 Å². The van der Waals surface area contributed by atoms with E-state index in [2.05, 4.69) is 10.6 Å². The third-order valence-electron chi connectivity index (χ3n) is 4.23. The molecule has 0 saturated heterocycles. The number of fused-ring (bicyclic) bond motifs is 1. The molecular formula is C22H24N2O6. The van der Waals surface area contributed by atoms with Crippen molar-refractivity contribution >= 4 is 23.5 Å². The molecule has 158 valence electrons. The first kappa shape index (κ1) is 21.2. The predicted molar refractivity (Wildman–Crippen MR) is 110 cm³/mol. The molecule has 1 aliphatic heterocycles. The summed E-state index contributed by atoms with van der Waals surface area (Å²) >= 11 is 0. The fraction of sp³-hybridized carbons (Fsp3) is 0.318. The summed E-state index contributed by atoms with van der Waals surface area (Å²) in [6.07, 6.45) is -0.957. The minimum absolute atomic E-state index is 0.00365. The Kier molecular flexibility index (Phi) is 6.90. The van der Waals surface area contributed by atoms with Gasteiger partial charge >= 0.3 is 5.97 Å². The first-order chi connectivity index (χ1) is 14.4. The van der Waals surface area contributed by atoms with Crippen molar-refractivity contribution in [3.05, 3.63) is 54.1 Å². The van der Waals surface area contributed by atoms with Crippen LogP contribution in [0.5, 0.6) is 11.5 Å². The maximum atomic E-state index is 12.3. The Balaban J connectivity index is 1.53. The van der Waals surface area contributed by atoms with Gasteiger partial charge in [0.2, 0.25) is 6.10 Å². The molecule has 0 saturated carbocycles. The lowest BCUT2D eigenvalue weighted by Crippen LogP contribution is -2.39. The van der Waals surface area contributed by atoms with Crippen LogP contribution in [-0.4, -0.2) is 43.6 Å². The number of carbonyl (C=O) groups excluding carboxylic acids is 3. The second kappa shape index (κ2) is 9.78. The Morgan fingerprint density at radius 1 is 1.07 bits per heavy atom. The van der Waals surface area contributed by atoms with Crippen molar-refractivity contribution in [2.45, 2.75) is 20.0 Å². The molecule has 1 aliphatic rings. The highest BCUT2D eigenvalue weighted by molar-refractivity contribution is 6.04. The molecule has 0 aliphatic carbocycles. The van der Waals surface area contributed by atoms with Gasteiger partial charge in [0.05, 0.1) is 11.3 Å². The Morgan fingerprint density at radius 3 is 2.53 bits per heavy atom. The van der Waals surface area contributed by atoms with Gasteiger partial charge in [-0.2, -0.15) is 0 Å². The number of hydrogen-bond acceptors (Lipinski definition) is 6. The van der Waals surface area contributed by atoms with E-state index in [1.54, 1.807) is 48.5 Å². The summed E-state index contributed by atoms with van der Waals surface area (Å²) in [5, 5.41) is 5.41. The van der Waals surface area contributed by atoms with E-state index < -0.39 is 24.6 Å². The number of benzene rings is 2. The average Bonchev–Trinajstić information content (AvgIpc) is 2.75. The molecule has 1 atom stereocenters. The zero-order chi connectivity index (χ0) is 21.5. The first-order valence-corrected chi connectivity index (χ1v) is 9.66. The first-order valence-electron chi connectivity index (χ1n) is 9.66. The molecule has 3 rings (SSSR count). The quantitative estimate of drug-likeness (QED) is 0.677. The molecule has 1 heterocycles. The summed E-state index contributed by atoms with van der Waals surface area (Å²) in [4.78, 5) is 36.8. The highest BCUT2D eigenvalue weighted by atomic mass is 16.6. The van der Waals surface area contributed by atoms with Gasteiger partial charge in [-0.15, -0.1) is 0 Å². The van der Waals surface area contributed by atoms with Crippen molar-refractivity contribution < 1.29 is 28.6 Å². The van der Waals surface area contributed by atoms with Crippen LogP contribution in [0.15, 0.2) is 48.5 Å². The lowest BCUT2D eigenvalue weighted by molar-refractivity contribution is -0.156. The molecule has 0 unspecified atom stereocenters. The third kappa shape index (κ3) is 5.50. The zero-order valence-corrected chi connectivity index (χ0v) is 16.8. The van der Waals surface area contributed by atoms with Crippen LogP contribution in [0.1, 0.15) is 24.2 Å². The van der Waals surface area contributed by atoms with E-state index in [-0.39, 0.29) is 12.5 Å². The Morgan fingerprint density at radius 2 is 1.77 bits per heavy atom. The van der Waals surface area contributed by atoms with Crippen LogP contribution in [0.3, 0.4) is 0 Å². The van der Waals surface area contributed by atoms with Crippen LogP contribution in [0, 0.1) is 5.92 Å². The molecule has 2 amide bonds. The number of ether oxygens (including phenoxy) is 3. The van der Waals surface area contributed by atoms with Crippen LogP contribution in [-0.2, 0) is 14.3 Å². The number of carbonyl (C=O) groups is 3. The van der Waals surface area contributed by atoms with Crippen molar-refractivity contribution in [1.82, 2.24) is 5.32 Å². The van der Waals surface area contributed by atoms with Crippen molar-refractivity contribution in [3.8, 4) is 11.5 Å². The number of amides is 2. The van der Waals surface area contributed by atoms with Gasteiger partial charge in [-0.25, -0.2) is 4.79 Å². The maximum Gasteiger partial charge on any atom is 0.351 e. The number of hydrogen-bond donors (Lipinski definition) is 2. The molecule has 30 heavy (non-hydrogen) atoms. The number of para-hydroxylation sites is 3. The smallest absolute Gasteiger partial charge is 0.351 e. The van der Waals surface area contributed by atoms with Gasteiger partial charge in [0.1, 0.15) is 6.61 Å². The maximum absolute atomic E-state index is 12.3. The van der Waals surface area contributed by atoms with E-state index in [0.717, 1.165) is 0 Å². The molecule has 0 radical (unpaired) electrons. The molecular weight excluding hydrogens is 388 g/mol. The Bertz CT molecular complexity index is 927. The topological polar surface area (TPSA) is 103 Å². The summed E-state index contributed by atoms with van der Waals surface area (Å²) in [5.41, 5.74) is 0.671. The number of anilines is 1. The summed E-state index contributed by atoms with van der Waals surface area (Å²) in [7, 11) is 0. The number of esters is 1. The third-order valence-corrected chi connectivity index (χ3v) is 4.23. The van der Waals surface area contributed by atoms with Crippen molar-refractivity contribution in [1.29, 1.82) is 0 Å². The molecule has 0 bridgehead atoms. The van der Waals surface area contributed by atoms with Gasteiger partial charge in [0, 0.05) is 6.54 Å². The lowest BCUT2D eigenvalue weighted by atomic mass is 10.1. The molecule has 2 aromatic carbocycles. The van der Waals surface area contributed by atoms with Gasteiger partial charge in [-0.05, 0) is 30.2 Å². The molecule has 0 spiro atoms. The summed E-state index contributed by atoms with van der Waals surface area (Å²) in [6.45, 7) is 3.98. The second-order valence-electron chi connectivity index (χ2n) is 7.17. The van der Waals surface area contributed by atoms with Crippen LogP contribution in [0.25, 0.3) is 0 Å². The fourth-order valence-corrected chi connectivity index (χ4v) is 2.73. The predicted octanol–water partition coefficient (Wildman–Crippen LogP) is 2.39. The summed E-state index contributed by atoms with van der Waals surface area (Å²) in [5.74, 6) is -0.272. The van der Waals surface area contributed by atoms with Crippen LogP contribution in [0.2, 0.25) is 0 Å². The van der Waals surface area contributed by atoms with Crippen LogP contribution < -0.4 is 20.1 Å². The van der Waals surface area contributed by atoms with Gasteiger partial charge < -0.3 is 24.8 Å². The van der Waals surface area contributed by atoms with Gasteiger partial charge in [-0.3, -0.25) is 9.59 Å². The minimum Gasteiger partial charge on any atom is -0.485 e. The highest BCUT2D eigenvalue weighted by Gasteiger charge is 2.29. The molecule has 0 aromatic heterocycles. The van der Waals surface area contributed by atoms with E-state index in [4.69, 9.17) is 14.2 Å². The van der Waals surface area contributed by atoms with Crippen molar-refractivity contribution in [2.75, 3.05) is 25.1 Å². The molecule has 2 N–H and O–H groups in total. The van der Waals surface area contributed by atoms with E-state index in [1.165, 1.54) is 0 Å². The van der Waals surface area contributed by atoms with Crippen molar-refractivity contribution in [2.24, 2.45) is 5.92 Å². The van der Waals surface area contributed by atoms with E-state index >= 15 is 0 Å². The van der Waals surface area contributed by atoms with E-state index in [0.29, 0.717) is 35.2 Å². The molecule has 8 nitrogen and oxygen atoms in total. The number of rotatable bonds is 7. The van der Waals surface area contributed by atoms with Crippen LogP contribution in [0.4, 0.5) is 5.69 Å². The number of nitrogens with one attached hydrogen (secondary N) is 2. The average molecular weight is 412 g/mol. The van der Waals surface area contributed by atoms with Gasteiger partial charge in [-0.1, -0.05) is 38.1 Å². The summed E-state index contributed by atoms with van der Waals surface area (Å²) < 4.78 is 16.1. The lowest BCUT2D eigenvalue weighted by Gasteiger charge is -2.24. The highest BCUT2D eigenvalue weighted by Crippen LogP contribution is 2.31. The largest absolute Gasteiger partial charge is 0.485 e. The Hall–Kier alpha value is -3.55. The fourth-order valence-electron chi connectivity index (χ4n) is 2.73. The zero-order valence-electron chi connectivity index (χ0n) is 16.8. The van der Waals surface area contributed by atoms with Crippen LogP contribution >= 0.6 is 0 Å². The minimum atomic E-state index is -0.957. The second-order valence-corrected chi connectivity index (χ2v) is 7.17.